The van der Waals surface area contributed by atoms with Crippen molar-refractivity contribution in [3.8, 4) is 5.75 Å². The third kappa shape index (κ3) is 3.27. The number of carbonyl (C=O) groups excluding carboxylic acids is 1. The fourth-order valence-electron chi connectivity index (χ4n) is 3.97. The summed E-state index contributed by atoms with van der Waals surface area (Å²) >= 11 is 0. The Kier molecular flexibility index (Phi) is 5.12. The van der Waals surface area contributed by atoms with Crippen LogP contribution in [0.5, 0.6) is 5.75 Å². The van der Waals surface area contributed by atoms with E-state index in [0.29, 0.717) is 35.4 Å². The average molecular weight is 406 g/mol. The minimum Gasteiger partial charge on any atom is -0.497 e. The maximum absolute atomic E-state index is 13.6. The van der Waals surface area contributed by atoms with Gasteiger partial charge in [-0.15, -0.1) is 0 Å². The Morgan fingerprint density at radius 2 is 1.83 bits per heavy atom. The largest absolute Gasteiger partial charge is 0.497 e. The molecule has 0 radical (unpaired) electrons. The predicted molar refractivity (Wildman–Crippen MR) is 116 cm³/mol. The van der Waals surface area contributed by atoms with Crippen LogP contribution in [0.1, 0.15) is 38.9 Å². The lowest BCUT2D eigenvalue weighted by molar-refractivity contribution is 0.0716. The zero-order valence-electron chi connectivity index (χ0n) is 18.0. The van der Waals surface area contributed by atoms with Gasteiger partial charge in [0.15, 0.2) is 5.43 Å². The summed E-state index contributed by atoms with van der Waals surface area (Å²) in [6.45, 7) is 5.08. The highest BCUT2D eigenvalue weighted by Gasteiger charge is 2.42. The summed E-state index contributed by atoms with van der Waals surface area (Å²) in [5.74, 6) is 0.567. The quantitative estimate of drug-likeness (QED) is 0.649. The first-order valence-corrected chi connectivity index (χ1v) is 9.99. The molecule has 30 heavy (non-hydrogen) atoms. The van der Waals surface area contributed by atoms with Gasteiger partial charge in [0.05, 0.1) is 24.1 Å². The second-order valence-corrected chi connectivity index (χ2v) is 8.09. The number of ether oxygens (including phenoxy) is 1. The minimum absolute atomic E-state index is 0.141. The fourth-order valence-corrected chi connectivity index (χ4v) is 3.97. The van der Waals surface area contributed by atoms with Crippen LogP contribution in [0.3, 0.4) is 0 Å². The minimum atomic E-state index is -0.509. The van der Waals surface area contributed by atoms with E-state index in [2.05, 4.69) is 0 Å². The lowest BCUT2D eigenvalue weighted by Gasteiger charge is -2.26. The molecule has 6 nitrogen and oxygen atoms in total. The van der Waals surface area contributed by atoms with E-state index < -0.39 is 6.04 Å². The number of likely N-dealkylation sites (N-methyl/N-ethyl adjacent to an activating group) is 1. The summed E-state index contributed by atoms with van der Waals surface area (Å²) in [6.07, 6.45) is 0. The second kappa shape index (κ2) is 7.61. The zero-order valence-corrected chi connectivity index (χ0v) is 18.0. The van der Waals surface area contributed by atoms with Crippen LogP contribution in [-0.2, 0) is 0 Å². The molecular weight excluding hydrogens is 380 g/mol. The third-order valence-corrected chi connectivity index (χ3v) is 5.78. The van der Waals surface area contributed by atoms with Crippen LogP contribution < -0.4 is 10.2 Å². The van der Waals surface area contributed by atoms with E-state index in [9.17, 15) is 9.59 Å². The Morgan fingerprint density at radius 1 is 1.10 bits per heavy atom. The highest BCUT2D eigenvalue weighted by Crippen LogP contribution is 2.39. The van der Waals surface area contributed by atoms with Crippen molar-refractivity contribution in [2.75, 3.05) is 34.3 Å². The number of aryl methyl sites for hydroxylation is 2. The van der Waals surface area contributed by atoms with Crippen LogP contribution in [0.15, 0.2) is 45.6 Å². The summed E-state index contributed by atoms with van der Waals surface area (Å²) in [5, 5.41) is 0.506. The molecule has 1 amide bonds. The Labute approximate surface area is 175 Å². The van der Waals surface area contributed by atoms with Crippen molar-refractivity contribution < 1.29 is 13.9 Å². The highest BCUT2D eigenvalue weighted by molar-refractivity contribution is 5.99. The van der Waals surface area contributed by atoms with Gasteiger partial charge in [-0.3, -0.25) is 9.59 Å². The maximum Gasteiger partial charge on any atom is 0.290 e. The molecule has 3 aromatic rings. The van der Waals surface area contributed by atoms with Crippen molar-refractivity contribution in [2.45, 2.75) is 19.9 Å². The SMILES string of the molecule is COc1cccc(C2c3c(oc4cc(C)c(C)cc4c3=O)C(=O)N2CCN(C)C)c1. The van der Waals surface area contributed by atoms with Crippen LogP contribution in [0.2, 0.25) is 0 Å². The molecule has 156 valence electrons. The standard InChI is InChI=1S/C24H26N2O4/c1-14-11-18-19(12-15(14)2)30-23-20(22(18)27)21(16-7-6-8-17(13-16)29-5)26(24(23)28)10-9-25(3)4/h6-8,11-13,21H,9-10H2,1-5H3. The number of rotatable bonds is 5. The summed E-state index contributed by atoms with van der Waals surface area (Å²) in [6, 6.07) is 10.7. The van der Waals surface area contributed by atoms with Gasteiger partial charge < -0.3 is 19.0 Å². The van der Waals surface area contributed by atoms with Gasteiger partial charge in [-0.2, -0.15) is 0 Å². The van der Waals surface area contributed by atoms with Crippen molar-refractivity contribution in [3.05, 3.63) is 74.6 Å². The van der Waals surface area contributed by atoms with E-state index in [0.717, 1.165) is 16.7 Å². The van der Waals surface area contributed by atoms with Crippen molar-refractivity contribution in [3.63, 3.8) is 0 Å². The van der Waals surface area contributed by atoms with Crippen LogP contribution >= 0.6 is 0 Å². The van der Waals surface area contributed by atoms with Crippen molar-refractivity contribution >= 4 is 16.9 Å². The normalized spacial score (nSPS) is 15.9. The van der Waals surface area contributed by atoms with E-state index in [-0.39, 0.29) is 17.1 Å². The lowest BCUT2D eigenvalue weighted by atomic mass is 9.97. The van der Waals surface area contributed by atoms with Crippen molar-refractivity contribution in [1.82, 2.24) is 9.80 Å². The molecule has 4 rings (SSSR count). The number of nitrogens with zero attached hydrogens (tertiary/aromatic N) is 2. The molecule has 2 heterocycles. The first-order chi connectivity index (χ1) is 14.3. The Morgan fingerprint density at radius 3 is 2.53 bits per heavy atom. The van der Waals surface area contributed by atoms with E-state index in [1.807, 2.05) is 69.2 Å². The second-order valence-electron chi connectivity index (χ2n) is 8.09. The lowest BCUT2D eigenvalue weighted by Crippen LogP contribution is -2.35. The van der Waals surface area contributed by atoms with Gasteiger partial charge in [0.2, 0.25) is 5.76 Å². The fraction of sp³-hybridized carbons (Fsp3) is 0.333. The first-order valence-electron chi connectivity index (χ1n) is 9.99. The molecule has 0 N–H and O–H groups in total. The Hall–Kier alpha value is -3.12. The molecule has 0 spiro atoms. The highest BCUT2D eigenvalue weighted by atomic mass is 16.5. The molecule has 0 bridgehead atoms. The maximum atomic E-state index is 13.6. The molecule has 0 fully saturated rings. The summed E-state index contributed by atoms with van der Waals surface area (Å²) in [7, 11) is 5.51. The smallest absolute Gasteiger partial charge is 0.290 e. The molecule has 0 saturated carbocycles. The molecule has 0 saturated heterocycles. The average Bonchev–Trinajstić information content (AvgIpc) is 3.00. The number of methoxy groups -OCH3 is 1. The van der Waals surface area contributed by atoms with Gasteiger partial charge >= 0.3 is 0 Å². The predicted octanol–water partition coefficient (Wildman–Crippen LogP) is 3.53. The molecule has 1 aliphatic heterocycles. The van der Waals surface area contributed by atoms with E-state index in [1.54, 1.807) is 12.0 Å². The molecule has 2 aromatic carbocycles. The van der Waals surface area contributed by atoms with E-state index >= 15 is 0 Å². The summed E-state index contributed by atoms with van der Waals surface area (Å²) in [5.41, 5.74) is 3.57. The van der Waals surface area contributed by atoms with Crippen molar-refractivity contribution in [1.29, 1.82) is 0 Å². The first kappa shape index (κ1) is 20.2. The molecule has 1 atom stereocenters. The zero-order chi connectivity index (χ0) is 21.6. The molecule has 1 aromatic heterocycles. The number of amides is 1. The number of benzene rings is 2. The van der Waals surface area contributed by atoms with E-state index in [1.165, 1.54) is 0 Å². The monoisotopic (exact) mass is 406 g/mol. The molecule has 0 aliphatic carbocycles. The molecule has 6 heteroatoms. The Bertz CT molecular complexity index is 1200. The van der Waals surface area contributed by atoms with Crippen LogP contribution in [0, 0.1) is 13.8 Å². The summed E-state index contributed by atoms with van der Waals surface area (Å²) < 4.78 is 11.4. The van der Waals surface area contributed by atoms with Crippen molar-refractivity contribution in [2.24, 2.45) is 0 Å². The van der Waals surface area contributed by atoms with Gasteiger partial charge in [0, 0.05) is 13.1 Å². The van der Waals surface area contributed by atoms with Crippen LogP contribution in [0.25, 0.3) is 11.0 Å². The van der Waals surface area contributed by atoms with E-state index in [4.69, 9.17) is 9.15 Å². The number of carbonyl (C=O) groups is 1. The molecule has 1 aliphatic rings. The third-order valence-electron chi connectivity index (χ3n) is 5.78. The number of hydrogen-bond donors (Lipinski definition) is 0. The molecule has 1 unspecified atom stereocenters. The van der Waals surface area contributed by atoms with Crippen LogP contribution in [0.4, 0.5) is 0 Å². The Balaban J connectivity index is 1.96. The number of fused-ring (bicyclic) bond motifs is 2. The van der Waals surface area contributed by atoms with Gasteiger partial charge in [-0.1, -0.05) is 12.1 Å². The molecular formula is C24H26N2O4. The van der Waals surface area contributed by atoms with Gasteiger partial charge in [0.1, 0.15) is 11.3 Å². The summed E-state index contributed by atoms with van der Waals surface area (Å²) in [4.78, 5) is 30.6. The van der Waals surface area contributed by atoms with Gasteiger partial charge in [-0.05, 0) is 68.9 Å². The van der Waals surface area contributed by atoms with Crippen LogP contribution in [-0.4, -0.2) is 50.0 Å². The topological polar surface area (TPSA) is 63.0 Å². The van der Waals surface area contributed by atoms with Gasteiger partial charge in [-0.25, -0.2) is 0 Å². The van der Waals surface area contributed by atoms with Gasteiger partial charge in [0.25, 0.3) is 5.91 Å². The number of hydrogen-bond acceptors (Lipinski definition) is 5.